The van der Waals surface area contributed by atoms with Crippen LogP contribution in [0.25, 0.3) is 0 Å². The largest absolute Gasteiger partial charge is 0.481 e. The van der Waals surface area contributed by atoms with E-state index in [0.717, 1.165) is 0 Å². The lowest BCUT2D eigenvalue weighted by atomic mass is 10.00. The predicted molar refractivity (Wildman–Crippen MR) is 121 cm³/mol. The summed E-state index contributed by atoms with van der Waals surface area (Å²) < 4.78 is 0. The smallest absolute Gasteiger partial charge is 0.326 e. The molecule has 0 aromatic heterocycles. The molecule has 12 heteroatoms. The van der Waals surface area contributed by atoms with Crippen LogP contribution in [0.15, 0.2) is 0 Å². The van der Waals surface area contributed by atoms with E-state index in [0.29, 0.717) is 5.75 Å². The monoisotopic (exact) mass is 476 g/mol. The Labute approximate surface area is 192 Å². The summed E-state index contributed by atoms with van der Waals surface area (Å²) in [5.41, 5.74) is 5.57. The molecule has 0 radical (unpaired) electrons. The zero-order valence-corrected chi connectivity index (χ0v) is 20.0. The first-order valence-electron chi connectivity index (χ1n) is 10.4. The Balaban J connectivity index is 5.38. The van der Waals surface area contributed by atoms with Gasteiger partial charge in [-0.15, -0.1) is 0 Å². The van der Waals surface area contributed by atoms with Gasteiger partial charge >= 0.3 is 11.9 Å². The van der Waals surface area contributed by atoms with Crippen molar-refractivity contribution in [2.45, 2.75) is 71.1 Å². The molecule has 0 aliphatic heterocycles. The molecule has 0 fully saturated rings. The van der Waals surface area contributed by atoms with Crippen LogP contribution < -0.4 is 21.7 Å². The molecule has 0 spiro atoms. The molecule has 4 unspecified atom stereocenters. The molecule has 11 nitrogen and oxygen atoms in total. The number of nitrogens with one attached hydrogen (secondary N) is 3. The van der Waals surface area contributed by atoms with Gasteiger partial charge in [-0.2, -0.15) is 11.8 Å². The maximum Gasteiger partial charge on any atom is 0.326 e. The molecule has 0 aliphatic carbocycles. The van der Waals surface area contributed by atoms with Crippen molar-refractivity contribution in [3.63, 3.8) is 0 Å². The van der Waals surface area contributed by atoms with Gasteiger partial charge in [0.1, 0.15) is 18.1 Å². The molecule has 0 saturated heterocycles. The lowest BCUT2D eigenvalue weighted by Gasteiger charge is -2.27. The highest BCUT2D eigenvalue weighted by Gasteiger charge is 2.32. The molecule has 7 N–H and O–H groups in total. The van der Waals surface area contributed by atoms with E-state index in [2.05, 4.69) is 16.0 Å². The van der Waals surface area contributed by atoms with Crippen LogP contribution >= 0.6 is 11.8 Å². The summed E-state index contributed by atoms with van der Waals surface area (Å²) in [6.07, 6.45) is 1.69. The summed E-state index contributed by atoms with van der Waals surface area (Å²) in [6.45, 7) is 7.05. The Kier molecular flexibility index (Phi) is 13.6. The van der Waals surface area contributed by atoms with Gasteiger partial charge < -0.3 is 31.9 Å². The minimum atomic E-state index is -1.33. The molecule has 0 heterocycles. The Hall–Kier alpha value is -2.34. The second-order valence-corrected chi connectivity index (χ2v) is 9.29. The number of carbonyl (C=O) groups is 5. The van der Waals surface area contributed by atoms with Crippen molar-refractivity contribution in [1.82, 2.24) is 16.0 Å². The quantitative estimate of drug-likeness (QED) is 0.186. The normalized spacial score (nSPS) is 14.9. The van der Waals surface area contributed by atoms with Gasteiger partial charge in [0.2, 0.25) is 17.7 Å². The molecule has 0 bridgehead atoms. The summed E-state index contributed by atoms with van der Waals surface area (Å²) in [4.78, 5) is 60.0. The molecular formula is C20H36N4O7S. The fourth-order valence-electron chi connectivity index (χ4n) is 2.81. The van der Waals surface area contributed by atoms with E-state index in [9.17, 15) is 29.1 Å². The topological polar surface area (TPSA) is 188 Å². The van der Waals surface area contributed by atoms with Crippen LogP contribution in [0.1, 0.15) is 47.0 Å². The number of carboxylic acids is 2. The minimum Gasteiger partial charge on any atom is -0.481 e. The molecule has 0 rings (SSSR count). The van der Waals surface area contributed by atoms with Crippen LogP contribution in [0.3, 0.4) is 0 Å². The molecule has 0 aliphatic rings. The molecule has 32 heavy (non-hydrogen) atoms. The number of carboxylic acid groups (broad SMARTS) is 2. The summed E-state index contributed by atoms with van der Waals surface area (Å²) in [5, 5.41) is 25.7. The van der Waals surface area contributed by atoms with Crippen molar-refractivity contribution in [2.24, 2.45) is 17.6 Å². The molecular weight excluding hydrogens is 440 g/mol. The first-order chi connectivity index (χ1) is 14.8. The van der Waals surface area contributed by atoms with Gasteiger partial charge in [0.15, 0.2) is 0 Å². The van der Waals surface area contributed by atoms with E-state index in [1.54, 1.807) is 13.8 Å². The third-order valence-corrected chi connectivity index (χ3v) is 5.19. The number of amides is 3. The van der Waals surface area contributed by atoms with Gasteiger partial charge in [-0.1, -0.05) is 27.7 Å². The number of nitrogens with two attached hydrogens (primary N) is 1. The number of hydrogen-bond donors (Lipinski definition) is 6. The summed E-state index contributed by atoms with van der Waals surface area (Å²) in [6, 6.07) is -4.48. The number of hydrogen-bond acceptors (Lipinski definition) is 7. The molecule has 0 saturated carbocycles. The first kappa shape index (κ1) is 29.7. The van der Waals surface area contributed by atoms with E-state index in [-0.39, 0.29) is 24.7 Å². The number of rotatable bonds is 15. The van der Waals surface area contributed by atoms with Crippen LogP contribution in [0, 0.1) is 11.8 Å². The lowest BCUT2D eigenvalue weighted by Crippen LogP contribution is -2.58. The zero-order chi connectivity index (χ0) is 25.0. The molecule has 184 valence electrons. The standard InChI is InChI=1S/C20H36N4O7S/c1-10(2)8-14(20(30)31)23-19(29)16(11(3)4)24-18(28)13(6-7-32-5)22-17(27)12(21)9-15(25)26/h10-14,16H,6-9,21H2,1-5H3,(H,22,27)(H,23,29)(H,24,28)(H,25,26)(H,30,31). The summed E-state index contributed by atoms with van der Waals surface area (Å²) >= 11 is 1.44. The van der Waals surface area contributed by atoms with Crippen LogP contribution in [0.2, 0.25) is 0 Å². The van der Waals surface area contributed by atoms with Crippen molar-refractivity contribution < 1.29 is 34.2 Å². The Morgan fingerprint density at radius 1 is 0.875 bits per heavy atom. The maximum atomic E-state index is 12.9. The summed E-state index contributed by atoms with van der Waals surface area (Å²) in [7, 11) is 0. The second-order valence-electron chi connectivity index (χ2n) is 8.31. The highest BCUT2D eigenvalue weighted by atomic mass is 32.2. The van der Waals surface area contributed by atoms with Crippen LogP contribution in [-0.4, -0.2) is 76.0 Å². The Morgan fingerprint density at radius 2 is 1.44 bits per heavy atom. The van der Waals surface area contributed by atoms with Crippen molar-refractivity contribution in [2.75, 3.05) is 12.0 Å². The zero-order valence-electron chi connectivity index (χ0n) is 19.2. The summed E-state index contributed by atoms with van der Waals surface area (Å²) in [5.74, 6) is -4.30. The minimum absolute atomic E-state index is 0.0321. The SMILES string of the molecule is CSCCC(NC(=O)C(N)CC(=O)O)C(=O)NC(C(=O)NC(CC(C)C)C(=O)O)C(C)C. The van der Waals surface area contributed by atoms with Gasteiger partial charge in [0.05, 0.1) is 12.5 Å². The Bertz CT molecular complexity index is 672. The highest BCUT2D eigenvalue weighted by molar-refractivity contribution is 7.98. The van der Waals surface area contributed by atoms with Gasteiger partial charge in [-0.25, -0.2) is 4.79 Å². The van der Waals surface area contributed by atoms with Crippen LogP contribution in [-0.2, 0) is 24.0 Å². The van der Waals surface area contributed by atoms with E-state index >= 15 is 0 Å². The van der Waals surface area contributed by atoms with Crippen LogP contribution in [0.5, 0.6) is 0 Å². The molecule has 3 amide bonds. The van der Waals surface area contributed by atoms with Gasteiger partial charge in [0, 0.05) is 0 Å². The van der Waals surface area contributed by atoms with Gasteiger partial charge in [0.25, 0.3) is 0 Å². The third-order valence-electron chi connectivity index (χ3n) is 4.54. The van der Waals surface area contributed by atoms with E-state index in [4.69, 9.17) is 10.8 Å². The van der Waals surface area contributed by atoms with Crippen molar-refractivity contribution >= 4 is 41.4 Å². The first-order valence-corrected chi connectivity index (χ1v) is 11.8. The number of aliphatic carboxylic acids is 2. The molecule has 0 aromatic carbocycles. The number of thioether (sulfide) groups is 1. The van der Waals surface area contributed by atoms with Crippen LogP contribution in [0.4, 0.5) is 0 Å². The molecule has 0 aromatic rings. The van der Waals surface area contributed by atoms with Crippen molar-refractivity contribution in [3.8, 4) is 0 Å². The fourth-order valence-corrected chi connectivity index (χ4v) is 3.28. The average molecular weight is 477 g/mol. The maximum absolute atomic E-state index is 12.9. The Morgan fingerprint density at radius 3 is 1.88 bits per heavy atom. The highest BCUT2D eigenvalue weighted by Crippen LogP contribution is 2.09. The number of carbonyl (C=O) groups excluding carboxylic acids is 3. The lowest BCUT2D eigenvalue weighted by molar-refractivity contribution is -0.143. The van der Waals surface area contributed by atoms with Gasteiger partial charge in [-0.05, 0) is 36.7 Å². The van der Waals surface area contributed by atoms with E-state index < -0.39 is 60.2 Å². The molecule has 4 atom stereocenters. The van der Waals surface area contributed by atoms with Crippen molar-refractivity contribution in [1.29, 1.82) is 0 Å². The van der Waals surface area contributed by atoms with E-state index in [1.807, 2.05) is 20.1 Å². The third kappa shape index (κ3) is 11.3. The second kappa shape index (κ2) is 14.7. The predicted octanol–water partition coefficient (Wildman–Crippen LogP) is -0.217. The average Bonchev–Trinajstić information content (AvgIpc) is 2.66. The van der Waals surface area contributed by atoms with E-state index in [1.165, 1.54) is 11.8 Å². The van der Waals surface area contributed by atoms with Gasteiger partial charge in [-0.3, -0.25) is 19.2 Å². The van der Waals surface area contributed by atoms with Crippen molar-refractivity contribution in [3.05, 3.63) is 0 Å². The fraction of sp³-hybridized carbons (Fsp3) is 0.750.